The van der Waals surface area contributed by atoms with E-state index in [1.807, 2.05) is 32.0 Å². The van der Waals surface area contributed by atoms with E-state index >= 15 is 0 Å². The highest BCUT2D eigenvalue weighted by atomic mass is 16.5. The number of carbonyl (C=O) groups is 1. The Morgan fingerprint density at radius 2 is 2.00 bits per heavy atom. The summed E-state index contributed by atoms with van der Waals surface area (Å²) in [6, 6.07) is 5.77. The number of amides is 1. The van der Waals surface area contributed by atoms with Crippen molar-refractivity contribution in [2.45, 2.75) is 52.2 Å². The van der Waals surface area contributed by atoms with Gasteiger partial charge in [-0.25, -0.2) is 0 Å². The van der Waals surface area contributed by atoms with Crippen LogP contribution in [0.15, 0.2) is 18.2 Å². The summed E-state index contributed by atoms with van der Waals surface area (Å²) >= 11 is 0. The first kappa shape index (κ1) is 15.8. The number of rotatable bonds is 6. The zero-order valence-electron chi connectivity index (χ0n) is 13.3. The van der Waals surface area contributed by atoms with Crippen LogP contribution in [-0.2, 0) is 4.79 Å². The molecule has 116 valence electrons. The van der Waals surface area contributed by atoms with E-state index < -0.39 is 0 Å². The number of unbranched alkanes of at least 4 members (excludes halogenated alkanes) is 1. The van der Waals surface area contributed by atoms with Gasteiger partial charge in [0, 0.05) is 0 Å². The lowest BCUT2D eigenvalue weighted by atomic mass is 10.1. The predicted molar refractivity (Wildman–Crippen MR) is 84.4 cm³/mol. The summed E-state index contributed by atoms with van der Waals surface area (Å²) in [6.07, 6.45) is 2.93. The van der Waals surface area contributed by atoms with E-state index in [4.69, 9.17) is 10.5 Å². The smallest absolute Gasteiger partial charge is 0.239 e. The number of hydrogen-bond acceptors (Lipinski definition) is 3. The lowest BCUT2D eigenvalue weighted by Crippen LogP contribution is -2.59. The fraction of sp³-hybridized carbons (Fsp3) is 0.588. The molecule has 0 aromatic heterocycles. The van der Waals surface area contributed by atoms with Crippen molar-refractivity contribution in [2.24, 2.45) is 5.73 Å². The summed E-state index contributed by atoms with van der Waals surface area (Å²) in [4.78, 5) is 13.9. The van der Waals surface area contributed by atoms with E-state index in [0.717, 1.165) is 36.1 Å². The van der Waals surface area contributed by atoms with Crippen LogP contribution in [0, 0.1) is 13.8 Å². The third-order valence-electron chi connectivity index (χ3n) is 4.04. The molecule has 0 radical (unpaired) electrons. The van der Waals surface area contributed by atoms with Crippen LogP contribution >= 0.6 is 0 Å². The second-order valence-electron chi connectivity index (χ2n) is 5.95. The van der Waals surface area contributed by atoms with E-state index in [2.05, 4.69) is 6.92 Å². The second kappa shape index (κ2) is 6.94. The molecule has 4 heteroatoms. The van der Waals surface area contributed by atoms with Gasteiger partial charge >= 0.3 is 0 Å². The number of ether oxygens (including phenoxy) is 1. The van der Waals surface area contributed by atoms with Gasteiger partial charge in [-0.1, -0.05) is 38.0 Å². The highest BCUT2D eigenvalue weighted by Gasteiger charge is 2.34. The van der Waals surface area contributed by atoms with Crippen LogP contribution in [0.1, 0.15) is 37.3 Å². The lowest BCUT2D eigenvalue weighted by molar-refractivity contribution is -0.141. The van der Waals surface area contributed by atoms with Crippen LogP contribution in [0.4, 0.5) is 0 Å². The fourth-order valence-corrected chi connectivity index (χ4v) is 2.63. The van der Waals surface area contributed by atoms with Gasteiger partial charge in [-0.2, -0.15) is 0 Å². The van der Waals surface area contributed by atoms with Crippen molar-refractivity contribution in [2.75, 3.05) is 13.1 Å². The number of nitrogens with zero attached hydrogens (tertiary/aromatic N) is 1. The first-order valence-corrected chi connectivity index (χ1v) is 7.80. The molecule has 0 aliphatic carbocycles. The Morgan fingerprint density at radius 3 is 2.57 bits per heavy atom. The second-order valence-corrected chi connectivity index (χ2v) is 5.95. The largest absolute Gasteiger partial charge is 0.486 e. The maximum absolute atomic E-state index is 12.1. The topological polar surface area (TPSA) is 55.6 Å². The summed E-state index contributed by atoms with van der Waals surface area (Å²) in [5.74, 6) is 1.01. The number of para-hydroxylation sites is 1. The van der Waals surface area contributed by atoms with E-state index in [-0.39, 0.29) is 18.1 Å². The zero-order valence-corrected chi connectivity index (χ0v) is 13.3. The molecule has 1 atom stereocenters. The third-order valence-corrected chi connectivity index (χ3v) is 4.04. The molecular formula is C17H26N2O2. The Bertz CT molecular complexity index is 475. The molecule has 2 rings (SSSR count). The van der Waals surface area contributed by atoms with Gasteiger partial charge in [0.1, 0.15) is 11.9 Å². The van der Waals surface area contributed by atoms with Crippen molar-refractivity contribution in [3.8, 4) is 5.75 Å². The van der Waals surface area contributed by atoms with Gasteiger partial charge in [-0.15, -0.1) is 0 Å². The van der Waals surface area contributed by atoms with Crippen molar-refractivity contribution in [1.29, 1.82) is 0 Å². The van der Waals surface area contributed by atoms with Crippen molar-refractivity contribution in [1.82, 2.24) is 4.90 Å². The Hall–Kier alpha value is -1.55. The lowest BCUT2D eigenvalue weighted by Gasteiger charge is -2.40. The molecular weight excluding hydrogens is 264 g/mol. The molecule has 2 N–H and O–H groups in total. The molecule has 1 heterocycles. The zero-order chi connectivity index (χ0) is 15.4. The highest BCUT2D eigenvalue weighted by molar-refractivity contribution is 5.82. The normalized spacial score (nSPS) is 16.5. The van der Waals surface area contributed by atoms with E-state index in [0.29, 0.717) is 13.1 Å². The number of aryl methyl sites for hydroxylation is 2. The van der Waals surface area contributed by atoms with E-state index in [9.17, 15) is 4.79 Å². The summed E-state index contributed by atoms with van der Waals surface area (Å²) < 4.78 is 6.02. The molecule has 21 heavy (non-hydrogen) atoms. The monoisotopic (exact) mass is 290 g/mol. The number of benzene rings is 1. The van der Waals surface area contributed by atoms with Gasteiger partial charge in [-0.3, -0.25) is 4.79 Å². The first-order valence-electron chi connectivity index (χ1n) is 7.80. The predicted octanol–water partition coefficient (Wildman–Crippen LogP) is 2.41. The Morgan fingerprint density at radius 1 is 1.38 bits per heavy atom. The Labute approximate surface area is 127 Å². The number of carbonyl (C=O) groups excluding carboxylic acids is 1. The van der Waals surface area contributed by atoms with Crippen LogP contribution in [0.3, 0.4) is 0 Å². The molecule has 1 aromatic rings. The average Bonchev–Trinajstić information content (AvgIpc) is 2.41. The van der Waals surface area contributed by atoms with Crippen LogP contribution < -0.4 is 10.5 Å². The van der Waals surface area contributed by atoms with Crippen molar-refractivity contribution in [3.05, 3.63) is 29.3 Å². The van der Waals surface area contributed by atoms with E-state index in [1.54, 1.807) is 4.90 Å². The van der Waals surface area contributed by atoms with E-state index in [1.165, 1.54) is 0 Å². The minimum Gasteiger partial charge on any atom is -0.486 e. The Balaban J connectivity index is 1.83. The molecule has 1 aliphatic heterocycles. The average molecular weight is 290 g/mol. The number of hydrogen-bond donors (Lipinski definition) is 1. The minimum absolute atomic E-state index is 0.0600. The molecule has 1 saturated heterocycles. The highest BCUT2D eigenvalue weighted by Crippen LogP contribution is 2.26. The molecule has 1 fully saturated rings. The summed E-state index contributed by atoms with van der Waals surface area (Å²) in [5, 5.41) is 0. The molecule has 4 nitrogen and oxygen atoms in total. The van der Waals surface area contributed by atoms with Crippen molar-refractivity contribution in [3.63, 3.8) is 0 Å². The van der Waals surface area contributed by atoms with Crippen LogP contribution in [0.5, 0.6) is 5.75 Å². The van der Waals surface area contributed by atoms with Gasteiger partial charge in [0.2, 0.25) is 5.91 Å². The molecule has 1 aromatic carbocycles. The van der Waals surface area contributed by atoms with Gasteiger partial charge in [0.05, 0.1) is 19.1 Å². The SMILES string of the molecule is CCCCC(N)C(=O)N1CC(Oc2c(C)cccc2C)C1. The minimum atomic E-state index is -0.355. The molecule has 0 bridgehead atoms. The number of nitrogens with two attached hydrogens (primary N) is 1. The van der Waals surface area contributed by atoms with Gasteiger partial charge in [-0.05, 0) is 31.4 Å². The standard InChI is InChI=1S/C17H26N2O2/c1-4-5-9-15(18)17(20)19-10-14(11-19)21-16-12(2)7-6-8-13(16)3/h6-8,14-15H,4-5,9-11,18H2,1-3H3. The molecule has 1 aliphatic rings. The summed E-state index contributed by atoms with van der Waals surface area (Å²) in [7, 11) is 0. The molecule has 0 saturated carbocycles. The van der Waals surface area contributed by atoms with Crippen molar-refractivity contribution < 1.29 is 9.53 Å². The maximum atomic E-state index is 12.1. The molecule has 0 spiro atoms. The summed E-state index contributed by atoms with van der Waals surface area (Å²) in [5.41, 5.74) is 8.20. The molecule has 1 amide bonds. The maximum Gasteiger partial charge on any atom is 0.239 e. The van der Waals surface area contributed by atoms with Gasteiger partial charge < -0.3 is 15.4 Å². The van der Waals surface area contributed by atoms with Crippen LogP contribution in [0.25, 0.3) is 0 Å². The first-order chi connectivity index (χ1) is 10.0. The number of likely N-dealkylation sites (tertiary alicyclic amines) is 1. The molecule has 1 unspecified atom stereocenters. The quantitative estimate of drug-likeness (QED) is 0.875. The van der Waals surface area contributed by atoms with Crippen LogP contribution in [0.2, 0.25) is 0 Å². The Kier molecular flexibility index (Phi) is 5.23. The van der Waals surface area contributed by atoms with Gasteiger partial charge in [0.15, 0.2) is 0 Å². The van der Waals surface area contributed by atoms with Crippen LogP contribution in [-0.4, -0.2) is 36.0 Å². The third kappa shape index (κ3) is 3.76. The summed E-state index contributed by atoms with van der Waals surface area (Å²) in [6.45, 7) is 7.49. The fourth-order valence-electron chi connectivity index (χ4n) is 2.63. The van der Waals surface area contributed by atoms with Crippen molar-refractivity contribution >= 4 is 5.91 Å². The van der Waals surface area contributed by atoms with Gasteiger partial charge in [0.25, 0.3) is 0 Å².